The number of rotatable bonds is 9. The molecule has 0 amide bonds. The van der Waals surface area contributed by atoms with Crippen molar-refractivity contribution in [3.05, 3.63) is 54.1 Å². The summed E-state index contributed by atoms with van der Waals surface area (Å²) < 4.78 is 16.8. The van der Waals surface area contributed by atoms with Crippen LogP contribution in [0.1, 0.15) is 5.56 Å². The van der Waals surface area contributed by atoms with Crippen molar-refractivity contribution in [1.29, 1.82) is 0 Å². The van der Waals surface area contributed by atoms with E-state index in [1.54, 1.807) is 0 Å². The monoisotopic (exact) mass is 340 g/mol. The van der Waals surface area contributed by atoms with Gasteiger partial charge in [0.25, 0.3) is 0 Å². The zero-order valence-corrected chi connectivity index (χ0v) is 14.5. The van der Waals surface area contributed by atoms with Gasteiger partial charge in [0, 0.05) is 10.8 Å². The maximum absolute atomic E-state index is 8.64. The summed E-state index contributed by atoms with van der Waals surface area (Å²) >= 11 is 0. The van der Waals surface area contributed by atoms with Gasteiger partial charge in [-0.05, 0) is 29.8 Å². The number of hydrogen-bond acceptors (Lipinski definition) is 4. The van der Waals surface area contributed by atoms with Gasteiger partial charge in [-0.25, -0.2) is 0 Å². The number of benzene rings is 3. The number of aryl methyl sites for hydroxylation is 1. The average Bonchev–Trinajstić information content (AvgIpc) is 2.63. The van der Waals surface area contributed by atoms with Crippen LogP contribution in [-0.4, -0.2) is 44.7 Å². The zero-order valence-electron chi connectivity index (χ0n) is 14.5. The highest BCUT2D eigenvalue weighted by Crippen LogP contribution is 2.35. The Labute approximate surface area is 147 Å². The Balaban J connectivity index is 1.71. The summed E-state index contributed by atoms with van der Waals surface area (Å²) in [5.41, 5.74) is 1.21. The Kier molecular flexibility index (Phi) is 6.23. The van der Waals surface area contributed by atoms with Gasteiger partial charge in [0.2, 0.25) is 0 Å². The van der Waals surface area contributed by atoms with Crippen LogP contribution in [0.15, 0.2) is 48.5 Å². The summed E-state index contributed by atoms with van der Waals surface area (Å²) in [7, 11) is 0. The lowest BCUT2D eigenvalue weighted by Gasteiger charge is -2.14. The van der Waals surface area contributed by atoms with Gasteiger partial charge in [-0.1, -0.05) is 42.0 Å². The van der Waals surface area contributed by atoms with E-state index in [1.807, 2.05) is 12.1 Å². The van der Waals surface area contributed by atoms with Crippen molar-refractivity contribution in [2.24, 2.45) is 0 Å². The van der Waals surface area contributed by atoms with E-state index in [1.165, 1.54) is 16.3 Å². The van der Waals surface area contributed by atoms with E-state index in [0.717, 1.165) is 16.5 Å². The molecule has 0 aliphatic rings. The molecule has 0 spiro atoms. The molecule has 0 radical (unpaired) electrons. The number of aliphatic hydroxyl groups is 1. The molecule has 132 valence electrons. The first-order valence-electron chi connectivity index (χ1n) is 8.61. The topological polar surface area (TPSA) is 47.9 Å². The SMILES string of the molecule is Cc1ccc2cc3ccccc3c(OCCOCCOCCO)c2c1. The lowest BCUT2D eigenvalue weighted by molar-refractivity contribution is 0.0249. The molecule has 0 saturated carbocycles. The molecule has 4 heteroatoms. The lowest BCUT2D eigenvalue weighted by Crippen LogP contribution is -2.12. The predicted octanol–water partition coefficient (Wildman–Crippen LogP) is 3.71. The maximum atomic E-state index is 8.64. The minimum Gasteiger partial charge on any atom is -0.490 e. The minimum atomic E-state index is 0.0384. The normalized spacial score (nSPS) is 11.3. The van der Waals surface area contributed by atoms with Gasteiger partial charge in [-0.15, -0.1) is 0 Å². The highest BCUT2D eigenvalue weighted by atomic mass is 16.5. The molecule has 25 heavy (non-hydrogen) atoms. The summed E-state index contributed by atoms with van der Waals surface area (Å²) in [5, 5.41) is 13.2. The van der Waals surface area contributed by atoms with Crippen molar-refractivity contribution in [3.63, 3.8) is 0 Å². The highest BCUT2D eigenvalue weighted by molar-refractivity contribution is 6.05. The largest absolute Gasteiger partial charge is 0.490 e. The fraction of sp³-hybridized carbons (Fsp3) is 0.333. The predicted molar refractivity (Wildman–Crippen MR) is 100 cm³/mol. The van der Waals surface area contributed by atoms with E-state index < -0.39 is 0 Å². The quantitative estimate of drug-likeness (QED) is 0.476. The minimum absolute atomic E-state index is 0.0384. The van der Waals surface area contributed by atoms with Crippen LogP contribution in [0.4, 0.5) is 0 Å². The van der Waals surface area contributed by atoms with Gasteiger partial charge in [0.05, 0.1) is 33.0 Å². The number of aliphatic hydroxyl groups excluding tert-OH is 1. The van der Waals surface area contributed by atoms with Crippen molar-refractivity contribution < 1.29 is 19.3 Å². The second-order valence-electron chi connectivity index (χ2n) is 5.95. The molecule has 0 unspecified atom stereocenters. The van der Waals surface area contributed by atoms with E-state index in [9.17, 15) is 0 Å². The van der Waals surface area contributed by atoms with Gasteiger partial charge in [-0.3, -0.25) is 0 Å². The van der Waals surface area contributed by atoms with E-state index in [4.69, 9.17) is 19.3 Å². The second kappa shape index (κ2) is 8.81. The smallest absolute Gasteiger partial charge is 0.135 e. The molecule has 3 aromatic rings. The third-order valence-corrected chi connectivity index (χ3v) is 4.05. The van der Waals surface area contributed by atoms with Gasteiger partial charge in [0.15, 0.2) is 0 Å². The lowest BCUT2D eigenvalue weighted by atomic mass is 10.0. The molecule has 1 N–H and O–H groups in total. The fourth-order valence-corrected chi connectivity index (χ4v) is 2.88. The summed E-state index contributed by atoms with van der Waals surface area (Å²) in [5.74, 6) is 0.914. The van der Waals surface area contributed by atoms with Crippen LogP contribution in [0.3, 0.4) is 0 Å². The van der Waals surface area contributed by atoms with E-state index in [-0.39, 0.29) is 6.61 Å². The third-order valence-electron chi connectivity index (χ3n) is 4.05. The Morgan fingerprint density at radius 2 is 1.48 bits per heavy atom. The first kappa shape index (κ1) is 17.7. The van der Waals surface area contributed by atoms with Crippen molar-refractivity contribution in [3.8, 4) is 5.75 Å². The third kappa shape index (κ3) is 4.48. The molecule has 0 aliphatic heterocycles. The van der Waals surface area contributed by atoms with E-state index in [0.29, 0.717) is 33.0 Å². The van der Waals surface area contributed by atoms with Crippen LogP contribution >= 0.6 is 0 Å². The number of fused-ring (bicyclic) bond motifs is 2. The molecule has 0 bridgehead atoms. The Hall–Kier alpha value is -2.14. The highest BCUT2D eigenvalue weighted by Gasteiger charge is 2.09. The maximum Gasteiger partial charge on any atom is 0.135 e. The summed E-state index contributed by atoms with van der Waals surface area (Å²) in [4.78, 5) is 0. The zero-order chi connectivity index (χ0) is 17.5. The summed E-state index contributed by atoms with van der Waals surface area (Å²) in [6.45, 7) is 4.44. The van der Waals surface area contributed by atoms with Crippen LogP contribution in [0, 0.1) is 6.92 Å². The first-order valence-corrected chi connectivity index (χ1v) is 8.61. The van der Waals surface area contributed by atoms with Gasteiger partial charge < -0.3 is 19.3 Å². The number of hydrogen-bond donors (Lipinski definition) is 1. The van der Waals surface area contributed by atoms with E-state index in [2.05, 4.69) is 43.3 Å². The van der Waals surface area contributed by atoms with E-state index >= 15 is 0 Å². The first-order chi connectivity index (χ1) is 12.3. The van der Waals surface area contributed by atoms with Crippen molar-refractivity contribution in [2.45, 2.75) is 6.92 Å². The fourth-order valence-electron chi connectivity index (χ4n) is 2.88. The molecule has 0 fully saturated rings. The van der Waals surface area contributed by atoms with Crippen LogP contribution < -0.4 is 4.74 Å². The van der Waals surface area contributed by atoms with Gasteiger partial charge in [0.1, 0.15) is 12.4 Å². The Morgan fingerprint density at radius 1 is 0.760 bits per heavy atom. The van der Waals surface area contributed by atoms with Crippen LogP contribution in [-0.2, 0) is 9.47 Å². The number of ether oxygens (including phenoxy) is 3. The van der Waals surface area contributed by atoms with Crippen molar-refractivity contribution >= 4 is 21.5 Å². The van der Waals surface area contributed by atoms with Crippen molar-refractivity contribution in [1.82, 2.24) is 0 Å². The Morgan fingerprint density at radius 3 is 2.32 bits per heavy atom. The molecule has 0 aromatic heterocycles. The summed E-state index contributed by atoms with van der Waals surface area (Å²) in [6, 6.07) is 16.9. The standard InChI is InChI=1S/C21H24O4/c1-16-6-7-18-15-17-4-2-3-5-19(17)21(20(18)14-16)25-13-12-24-11-10-23-9-8-22/h2-7,14-15,22H,8-13H2,1H3. The average molecular weight is 340 g/mol. The molecule has 3 aromatic carbocycles. The van der Waals surface area contributed by atoms with Crippen LogP contribution in [0.5, 0.6) is 5.75 Å². The molecule has 4 nitrogen and oxygen atoms in total. The summed E-state index contributed by atoms with van der Waals surface area (Å²) in [6.07, 6.45) is 0. The molecule has 0 heterocycles. The Bertz CT molecular complexity index is 829. The van der Waals surface area contributed by atoms with Gasteiger partial charge >= 0.3 is 0 Å². The van der Waals surface area contributed by atoms with Gasteiger partial charge in [-0.2, -0.15) is 0 Å². The molecular formula is C21H24O4. The molecule has 0 aliphatic carbocycles. The van der Waals surface area contributed by atoms with Crippen LogP contribution in [0.25, 0.3) is 21.5 Å². The van der Waals surface area contributed by atoms with Crippen LogP contribution in [0.2, 0.25) is 0 Å². The molecule has 3 rings (SSSR count). The molecule has 0 atom stereocenters. The molecule has 0 saturated heterocycles. The second-order valence-corrected chi connectivity index (χ2v) is 5.95. The van der Waals surface area contributed by atoms with Crippen molar-refractivity contribution in [2.75, 3.05) is 39.6 Å². The molecular weight excluding hydrogens is 316 g/mol.